The van der Waals surface area contributed by atoms with Gasteiger partial charge >= 0.3 is 6.09 Å². The van der Waals surface area contributed by atoms with Crippen LogP contribution >= 0.6 is 11.6 Å². The molecule has 0 radical (unpaired) electrons. The van der Waals surface area contributed by atoms with Crippen molar-refractivity contribution in [2.45, 2.75) is 6.61 Å². The van der Waals surface area contributed by atoms with E-state index in [1.54, 1.807) is 0 Å². The molecule has 18 heavy (non-hydrogen) atoms. The molecule has 2 rings (SSSR count). The van der Waals surface area contributed by atoms with Crippen LogP contribution in [0.4, 0.5) is 10.6 Å². The number of benzene rings is 1. The fraction of sp³-hybridized carbons (Fsp3) is 0.0833. The van der Waals surface area contributed by atoms with Gasteiger partial charge in [-0.25, -0.2) is 14.8 Å². The van der Waals surface area contributed by atoms with Crippen LogP contribution in [0, 0.1) is 0 Å². The van der Waals surface area contributed by atoms with Crippen LogP contribution in [0.3, 0.4) is 0 Å². The number of carbonyl (C=O) groups is 1. The number of anilines is 1. The van der Waals surface area contributed by atoms with E-state index in [0.717, 1.165) is 5.56 Å². The first-order valence-corrected chi connectivity index (χ1v) is 5.58. The first-order chi connectivity index (χ1) is 8.74. The van der Waals surface area contributed by atoms with Gasteiger partial charge in [0.05, 0.1) is 0 Å². The molecule has 2 aromatic rings. The van der Waals surface area contributed by atoms with Gasteiger partial charge in [-0.15, -0.1) is 0 Å². The topological polar surface area (TPSA) is 64.1 Å². The van der Waals surface area contributed by atoms with Gasteiger partial charge in [0.1, 0.15) is 12.4 Å². The average Bonchev–Trinajstić information content (AvgIpc) is 2.38. The molecule has 0 aliphatic carbocycles. The maximum absolute atomic E-state index is 11.5. The molecule has 0 saturated carbocycles. The van der Waals surface area contributed by atoms with E-state index in [0.29, 0.717) is 5.82 Å². The molecule has 1 aromatic heterocycles. The summed E-state index contributed by atoms with van der Waals surface area (Å²) >= 11 is 5.59. The van der Waals surface area contributed by atoms with E-state index in [2.05, 4.69) is 15.3 Å². The molecular weight excluding hydrogens is 254 g/mol. The second-order valence-corrected chi connectivity index (χ2v) is 3.74. The van der Waals surface area contributed by atoms with E-state index in [1.165, 1.54) is 12.3 Å². The summed E-state index contributed by atoms with van der Waals surface area (Å²) in [5.41, 5.74) is 0.911. The summed E-state index contributed by atoms with van der Waals surface area (Å²) in [7, 11) is 0. The van der Waals surface area contributed by atoms with Gasteiger partial charge in [0, 0.05) is 6.20 Å². The van der Waals surface area contributed by atoms with E-state index >= 15 is 0 Å². The number of carbonyl (C=O) groups excluding carboxylic acids is 1. The average molecular weight is 264 g/mol. The lowest BCUT2D eigenvalue weighted by molar-refractivity contribution is 0.155. The molecule has 0 aliphatic rings. The Labute approximate surface area is 109 Å². The fourth-order valence-electron chi connectivity index (χ4n) is 1.27. The summed E-state index contributed by atoms with van der Waals surface area (Å²) in [6.45, 7) is 0.200. The second-order valence-electron chi connectivity index (χ2n) is 3.40. The van der Waals surface area contributed by atoms with Crippen molar-refractivity contribution in [2.24, 2.45) is 0 Å². The van der Waals surface area contributed by atoms with Gasteiger partial charge in [0.2, 0.25) is 5.28 Å². The first-order valence-electron chi connectivity index (χ1n) is 5.20. The molecular formula is C12H10ClN3O2. The molecule has 1 aromatic carbocycles. The summed E-state index contributed by atoms with van der Waals surface area (Å²) in [6, 6.07) is 10.9. The van der Waals surface area contributed by atoms with Crippen molar-refractivity contribution >= 4 is 23.5 Å². The smallest absolute Gasteiger partial charge is 0.413 e. The van der Waals surface area contributed by atoms with Crippen LogP contribution in [0.25, 0.3) is 0 Å². The second kappa shape index (κ2) is 5.97. The Hall–Kier alpha value is -2.14. The van der Waals surface area contributed by atoms with Crippen molar-refractivity contribution in [3.8, 4) is 0 Å². The van der Waals surface area contributed by atoms with Crippen molar-refractivity contribution in [1.82, 2.24) is 9.97 Å². The monoisotopic (exact) mass is 263 g/mol. The zero-order valence-electron chi connectivity index (χ0n) is 9.34. The molecule has 92 valence electrons. The molecule has 0 saturated heterocycles. The SMILES string of the molecule is O=C(Nc1ccnc(Cl)n1)OCc1ccccc1. The molecule has 6 heteroatoms. The van der Waals surface area contributed by atoms with Crippen LogP contribution in [0.1, 0.15) is 5.56 Å². The third-order valence-corrected chi connectivity index (χ3v) is 2.25. The molecule has 0 unspecified atom stereocenters. The Morgan fingerprint density at radius 2 is 2.06 bits per heavy atom. The number of halogens is 1. The van der Waals surface area contributed by atoms with Crippen LogP contribution in [0.2, 0.25) is 5.28 Å². The molecule has 0 bridgehead atoms. The molecule has 1 heterocycles. The van der Waals surface area contributed by atoms with Crippen LogP contribution in [0.5, 0.6) is 0 Å². The number of hydrogen-bond acceptors (Lipinski definition) is 4. The van der Waals surface area contributed by atoms with Gasteiger partial charge in [-0.2, -0.15) is 0 Å². The molecule has 0 fully saturated rings. The lowest BCUT2D eigenvalue weighted by atomic mass is 10.2. The molecule has 0 atom stereocenters. The van der Waals surface area contributed by atoms with Crippen molar-refractivity contribution in [3.05, 3.63) is 53.4 Å². The third kappa shape index (κ3) is 3.71. The van der Waals surface area contributed by atoms with Crippen molar-refractivity contribution < 1.29 is 9.53 Å². The zero-order valence-corrected chi connectivity index (χ0v) is 10.1. The van der Waals surface area contributed by atoms with Crippen molar-refractivity contribution in [2.75, 3.05) is 5.32 Å². The quantitative estimate of drug-likeness (QED) is 0.865. The van der Waals surface area contributed by atoms with Gasteiger partial charge in [-0.3, -0.25) is 5.32 Å². The Kier molecular flexibility index (Phi) is 4.09. The highest BCUT2D eigenvalue weighted by Gasteiger charge is 2.05. The zero-order chi connectivity index (χ0) is 12.8. The van der Waals surface area contributed by atoms with Gasteiger partial charge in [0.25, 0.3) is 0 Å². The Morgan fingerprint density at radius 1 is 1.28 bits per heavy atom. The number of nitrogens with zero attached hydrogens (tertiary/aromatic N) is 2. The minimum Gasteiger partial charge on any atom is -0.444 e. The molecule has 1 amide bonds. The van der Waals surface area contributed by atoms with Crippen LogP contribution in [0.15, 0.2) is 42.6 Å². The predicted octanol–water partition coefficient (Wildman–Crippen LogP) is 2.88. The maximum atomic E-state index is 11.5. The van der Waals surface area contributed by atoms with E-state index in [1.807, 2.05) is 30.3 Å². The van der Waals surface area contributed by atoms with Crippen LogP contribution in [-0.2, 0) is 11.3 Å². The Morgan fingerprint density at radius 3 is 2.78 bits per heavy atom. The minimum atomic E-state index is -0.589. The van der Waals surface area contributed by atoms with E-state index in [-0.39, 0.29) is 11.9 Å². The molecule has 5 nitrogen and oxygen atoms in total. The van der Waals surface area contributed by atoms with Crippen molar-refractivity contribution in [1.29, 1.82) is 0 Å². The van der Waals surface area contributed by atoms with Gasteiger partial charge in [0.15, 0.2) is 0 Å². The number of hydrogen-bond donors (Lipinski definition) is 1. The standard InChI is InChI=1S/C12H10ClN3O2/c13-11-14-7-6-10(15-11)16-12(17)18-8-9-4-2-1-3-5-9/h1-7H,8H2,(H,14,15,16,17). The normalized spacial score (nSPS) is 9.83. The molecule has 0 aliphatic heterocycles. The number of amides is 1. The molecule has 1 N–H and O–H groups in total. The molecule has 0 spiro atoms. The van der Waals surface area contributed by atoms with E-state index in [4.69, 9.17) is 16.3 Å². The van der Waals surface area contributed by atoms with E-state index < -0.39 is 6.09 Å². The van der Waals surface area contributed by atoms with Crippen LogP contribution < -0.4 is 5.32 Å². The number of rotatable bonds is 3. The van der Waals surface area contributed by atoms with Gasteiger partial charge in [-0.1, -0.05) is 30.3 Å². The highest BCUT2D eigenvalue weighted by molar-refractivity contribution is 6.28. The summed E-state index contributed by atoms with van der Waals surface area (Å²) in [6.07, 6.45) is 0.857. The Balaban J connectivity index is 1.86. The fourth-order valence-corrected chi connectivity index (χ4v) is 1.42. The van der Waals surface area contributed by atoms with Gasteiger partial charge in [-0.05, 0) is 23.2 Å². The summed E-state index contributed by atoms with van der Waals surface area (Å²) in [5, 5.41) is 2.52. The minimum absolute atomic E-state index is 0.0656. The highest BCUT2D eigenvalue weighted by atomic mass is 35.5. The third-order valence-electron chi connectivity index (χ3n) is 2.07. The lowest BCUT2D eigenvalue weighted by Gasteiger charge is -2.06. The van der Waals surface area contributed by atoms with E-state index in [9.17, 15) is 4.79 Å². The van der Waals surface area contributed by atoms with Crippen molar-refractivity contribution in [3.63, 3.8) is 0 Å². The number of nitrogens with one attached hydrogen (secondary N) is 1. The highest BCUT2D eigenvalue weighted by Crippen LogP contribution is 2.07. The maximum Gasteiger partial charge on any atom is 0.413 e. The number of aromatic nitrogens is 2. The number of ether oxygens (including phenoxy) is 1. The predicted molar refractivity (Wildman–Crippen MR) is 67.3 cm³/mol. The summed E-state index contributed by atoms with van der Waals surface area (Å²) in [4.78, 5) is 19.0. The lowest BCUT2D eigenvalue weighted by Crippen LogP contribution is -2.14. The van der Waals surface area contributed by atoms with Gasteiger partial charge < -0.3 is 4.74 Å². The largest absolute Gasteiger partial charge is 0.444 e. The first kappa shape index (κ1) is 12.3. The summed E-state index contributed by atoms with van der Waals surface area (Å²) in [5.74, 6) is 0.299. The Bertz CT molecular complexity index is 534. The summed E-state index contributed by atoms with van der Waals surface area (Å²) < 4.78 is 5.02. The van der Waals surface area contributed by atoms with Crippen LogP contribution in [-0.4, -0.2) is 16.1 Å².